The van der Waals surface area contributed by atoms with Crippen LogP contribution in [-0.2, 0) is 0 Å². The van der Waals surface area contributed by atoms with Gasteiger partial charge in [-0.1, -0.05) is 78.9 Å². The molecule has 33 heavy (non-hydrogen) atoms. The summed E-state index contributed by atoms with van der Waals surface area (Å²) < 4.78 is 12.9. The fourth-order valence-corrected chi connectivity index (χ4v) is 5.24. The first-order chi connectivity index (χ1) is 16.3. The third-order valence-electron chi connectivity index (χ3n) is 6.84. The lowest BCUT2D eigenvalue weighted by Crippen LogP contribution is -2.57. The monoisotopic (exact) mass is 424 g/mol. The zero-order chi connectivity index (χ0) is 21.8. The molecule has 2 nitrogen and oxygen atoms in total. The Morgan fingerprint density at radius 1 is 0.576 bits per heavy atom. The van der Waals surface area contributed by atoms with Crippen LogP contribution in [0.2, 0.25) is 0 Å². The molecule has 4 aromatic rings. The van der Waals surface area contributed by atoms with Crippen molar-refractivity contribution in [1.29, 1.82) is 0 Å². The van der Waals surface area contributed by atoms with E-state index in [2.05, 4.69) is 78.9 Å². The van der Waals surface area contributed by atoms with Crippen LogP contribution in [0, 0.1) is 0 Å². The Hall–Kier alpha value is -3.98. The molecule has 7 rings (SSSR count). The zero-order valence-corrected chi connectivity index (χ0v) is 18.1. The van der Waals surface area contributed by atoms with Gasteiger partial charge in [0.25, 0.3) is 6.71 Å². The minimum Gasteiger partial charge on any atom is -0.458 e. The number of benzene rings is 4. The molecule has 3 heteroatoms. The molecule has 1 aliphatic carbocycles. The largest absolute Gasteiger partial charge is 0.458 e. The molecule has 0 amide bonds. The van der Waals surface area contributed by atoms with Crippen molar-refractivity contribution < 1.29 is 9.47 Å². The molecule has 0 radical (unpaired) electrons. The molecule has 4 aromatic carbocycles. The van der Waals surface area contributed by atoms with E-state index in [1.165, 1.54) is 27.6 Å². The van der Waals surface area contributed by atoms with E-state index in [0.717, 1.165) is 46.9 Å². The van der Waals surface area contributed by atoms with Crippen LogP contribution in [0.4, 0.5) is 0 Å². The SMILES string of the molecule is C1=CC(c2ccc3c(c2)Oc2cccc4c2B3c2ccc(-c3ccccc3)cc2O4)=CCC1. The van der Waals surface area contributed by atoms with Crippen molar-refractivity contribution in [2.45, 2.75) is 12.8 Å². The summed E-state index contributed by atoms with van der Waals surface area (Å²) in [4.78, 5) is 0. The zero-order valence-electron chi connectivity index (χ0n) is 18.1. The maximum Gasteiger partial charge on any atom is 0.260 e. The summed E-state index contributed by atoms with van der Waals surface area (Å²) in [5, 5.41) is 0. The first kappa shape index (κ1) is 18.6. The second-order valence-electron chi connectivity index (χ2n) is 8.82. The van der Waals surface area contributed by atoms with Gasteiger partial charge in [-0.2, -0.15) is 0 Å². The fourth-order valence-electron chi connectivity index (χ4n) is 5.24. The molecule has 0 N–H and O–H groups in total. The molecule has 0 aromatic heterocycles. The molecule has 0 spiro atoms. The Kier molecular flexibility index (Phi) is 4.10. The Bertz CT molecular complexity index is 1470. The van der Waals surface area contributed by atoms with Gasteiger partial charge in [0.15, 0.2) is 0 Å². The van der Waals surface area contributed by atoms with Crippen molar-refractivity contribution in [2.24, 2.45) is 0 Å². The van der Waals surface area contributed by atoms with E-state index in [1.807, 2.05) is 24.3 Å². The summed E-state index contributed by atoms with van der Waals surface area (Å²) in [7, 11) is 0. The van der Waals surface area contributed by atoms with Crippen molar-refractivity contribution >= 4 is 28.7 Å². The minimum atomic E-state index is 0.0958. The maximum absolute atomic E-state index is 6.43. The Morgan fingerprint density at radius 3 is 1.97 bits per heavy atom. The third-order valence-corrected chi connectivity index (χ3v) is 6.84. The normalized spacial score (nSPS) is 14.9. The number of rotatable bonds is 2. The van der Waals surface area contributed by atoms with Crippen LogP contribution < -0.4 is 25.9 Å². The van der Waals surface area contributed by atoms with Crippen molar-refractivity contribution in [3.05, 3.63) is 109 Å². The summed E-state index contributed by atoms with van der Waals surface area (Å²) in [5.74, 6) is 3.61. The summed E-state index contributed by atoms with van der Waals surface area (Å²) in [6, 6.07) is 29.8. The average Bonchev–Trinajstić information content (AvgIpc) is 2.89. The summed E-state index contributed by atoms with van der Waals surface area (Å²) in [6.07, 6.45) is 8.98. The van der Waals surface area contributed by atoms with Crippen LogP contribution in [0.15, 0.2) is 103 Å². The smallest absolute Gasteiger partial charge is 0.260 e. The van der Waals surface area contributed by atoms with E-state index in [1.54, 1.807) is 0 Å². The van der Waals surface area contributed by atoms with Crippen LogP contribution in [0.5, 0.6) is 23.0 Å². The van der Waals surface area contributed by atoms with Gasteiger partial charge in [-0.15, -0.1) is 0 Å². The van der Waals surface area contributed by atoms with Gasteiger partial charge in [-0.25, -0.2) is 0 Å². The molecule has 0 saturated heterocycles. The molecule has 156 valence electrons. The van der Waals surface area contributed by atoms with E-state index >= 15 is 0 Å². The summed E-state index contributed by atoms with van der Waals surface area (Å²) in [6.45, 7) is 0.0958. The van der Waals surface area contributed by atoms with Crippen molar-refractivity contribution in [3.63, 3.8) is 0 Å². The van der Waals surface area contributed by atoms with Gasteiger partial charge >= 0.3 is 0 Å². The summed E-state index contributed by atoms with van der Waals surface area (Å²) in [5.41, 5.74) is 8.32. The van der Waals surface area contributed by atoms with Crippen molar-refractivity contribution in [2.75, 3.05) is 0 Å². The van der Waals surface area contributed by atoms with Crippen molar-refractivity contribution in [1.82, 2.24) is 0 Å². The van der Waals surface area contributed by atoms with E-state index < -0.39 is 0 Å². The molecule has 0 unspecified atom stereocenters. The quantitative estimate of drug-likeness (QED) is 0.327. The lowest BCUT2D eigenvalue weighted by Gasteiger charge is -2.33. The van der Waals surface area contributed by atoms with E-state index in [-0.39, 0.29) is 6.71 Å². The Labute approximate surface area is 193 Å². The van der Waals surface area contributed by atoms with Gasteiger partial charge in [0.2, 0.25) is 0 Å². The molecule has 3 aliphatic rings. The predicted molar refractivity (Wildman–Crippen MR) is 136 cm³/mol. The number of hydrogen-bond acceptors (Lipinski definition) is 2. The highest BCUT2D eigenvalue weighted by Crippen LogP contribution is 2.36. The van der Waals surface area contributed by atoms with E-state index in [9.17, 15) is 0 Å². The first-order valence-electron chi connectivity index (χ1n) is 11.5. The van der Waals surface area contributed by atoms with Crippen LogP contribution >= 0.6 is 0 Å². The van der Waals surface area contributed by atoms with Crippen LogP contribution in [0.25, 0.3) is 16.7 Å². The van der Waals surface area contributed by atoms with Gasteiger partial charge in [0.05, 0.1) is 0 Å². The van der Waals surface area contributed by atoms with Gasteiger partial charge in [-0.05, 0) is 70.3 Å². The van der Waals surface area contributed by atoms with Crippen LogP contribution in [0.3, 0.4) is 0 Å². The minimum absolute atomic E-state index is 0.0958. The molecule has 2 aliphatic heterocycles. The molecule has 0 saturated carbocycles. The predicted octanol–water partition coefficient (Wildman–Crippen LogP) is 5.81. The summed E-state index contributed by atoms with van der Waals surface area (Å²) >= 11 is 0. The lowest BCUT2D eigenvalue weighted by atomic mass is 9.35. The second kappa shape index (κ2) is 7.28. The van der Waals surface area contributed by atoms with Gasteiger partial charge < -0.3 is 9.47 Å². The molecule has 0 atom stereocenters. The first-order valence-corrected chi connectivity index (χ1v) is 11.5. The maximum atomic E-state index is 6.43. The third kappa shape index (κ3) is 2.96. The van der Waals surface area contributed by atoms with E-state index in [0.29, 0.717) is 0 Å². The molecular weight excluding hydrogens is 403 g/mol. The van der Waals surface area contributed by atoms with Gasteiger partial charge in [-0.3, -0.25) is 0 Å². The van der Waals surface area contributed by atoms with Gasteiger partial charge in [0.1, 0.15) is 23.0 Å². The van der Waals surface area contributed by atoms with Crippen LogP contribution in [0.1, 0.15) is 18.4 Å². The standard InChI is InChI=1S/C30H21BO2/c1-3-8-20(9-4-1)22-14-16-24-28(18-22)32-26-12-7-13-27-30(26)31(24)25-17-15-23(19-29(25)33-27)21-10-5-2-6-11-21/h1,3-5,7-19H,2,6H2. The molecule has 2 heterocycles. The topological polar surface area (TPSA) is 18.5 Å². The van der Waals surface area contributed by atoms with E-state index in [4.69, 9.17) is 9.47 Å². The Morgan fingerprint density at radius 2 is 1.27 bits per heavy atom. The average molecular weight is 424 g/mol. The molecule has 0 fully saturated rings. The highest BCUT2D eigenvalue weighted by Gasteiger charge is 2.40. The highest BCUT2D eigenvalue weighted by atomic mass is 16.5. The van der Waals surface area contributed by atoms with Crippen molar-refractivity contribution in [3.8, 4) is 34.1 Å². The second-order valence-corrected chi connectivity index (χ2v) is 8.82. The van der Waals surface area contributed by atoms with Gasteiger partial charge in [0, 0.05) is 5.46 Å². The number of allylic oxidation sites excluding steroid dienone is 4. The Balaban J connectivity index is 1.38. The number of ether oxygens (including phenoxy) is 2. The van der Waals surface area contributed by atoms with Crippen LogP contribution in [-0.4, -0.2) is 6.71 Å². The number of hydrogen-bond donors (Lipinski definition) is 0. The number of fused-ring (bicyclic) bond motifs is 4. The lowest BCUT2D eigenvalue weighted by molar-refractivity contribution is 0.464. The fraction of sp³-hybridized carbons (Fsp3) is 0.0667. The molecular formula is C30H21BO2. The molecule has 0 bridgehead atoms. The highest BCUT2D eigenvalue weighted by molar-refractivity contribution is 6.98.